The van der Waals surface area contributed by atoms with Crippen LogP contribution in [0, 0.1) is 11.3 Å². The van der Waals surface area contributed by atoms with Gasteiger partial charge in [-0.05, 0) is 37.5 Å². The zero-order valence-electron chi connectivity index (χ0n) is 17.3. The van der Waals surface area contributed by atoms with Crippen molar-refractivity contribution in [3.8, 4) is 28.7 Å². The maximum atomic E-state index is 9.16. The number of anilines is 2. The van der Waals surface area contributed by atoms with Crippen LogP contribution in [-0.2, 0) is 6.54 Å². The van der Waals surface area contributed by atoms with E-state index in [0.29, 0.717) is 29.2 Å². The van der Waals surface area contributed by atoms with Crippen LogP contribution in [0.5, 0.6) is 0 Å². The minimum atomic E-state index is 0.139. The second kappa shape index (κ2) is 8.72. The third-order valence-electron chi connectivity index (χ3n) is 5.32. The first kappa shape index (κ1) is 20.1. The van der Waals surface area contributed by atoms with Crippen LogP contribution in [-0.4, -0.2) is 43.0 Å². The van der Waals surface area contributed by atoms with Gasteiger partial charge in [-0.25, -0.2) is 19.6 Å². The molecule has 5 rings (SSSR count). The fourth-order valence-electron chi connectivity index (χ4n) is 3.75. The predicted octanol–water partition coefficient (Wildman–Crippen LogP) is 3.35. The molecule has 9 nitrogen and oxygen atoms in total. The molecule has 4 aromatic rings. The van der Waals surface area contributed by atoms with Crippen molar-refractivity contribution in [2.75, 3.05) is 23.7 Å². The Bertz CT molecular complexity index is 1280. The fraction of sp³-hybridized carbons (Fsp3) is 0.273. The molecule has 1 fully saturated rings. The molecular formula is C22H21N9S. The summed E-state index contributed by atoms with van der Waals surface area (Å²) in [6.45, 7) is 2.69. The maximum absolute atomic E-state index is 9.16. The van der Waals surface area contributed by atoms with Crippen molar-refractivity contribution < 1.29 is 0 Å². The van der Waals surface area contributed by atoms with E-state index >= 15 is 0 Å². The van der Waals surface area contributed by atoms with Gasteiger partial charge in [-0.1, -0.05) is 17.3 Å². The number of thiazole rings is 1. The molecule has 3 aromatic heterocycles. The molecule has 0 bridgehead atoms. The highest BCUT2D eigenvalue weighted by Crippen LogP contribution is 2.26. The Morgan fingerprint density at radius 2 is 1.88 bits per heavy atom. The van der Waals surface area contributed by atoms with E-state index in [4.69, 9.17) is 16.0 Å². The van der Waals surface area contributed by atoms with Gasteiger partial charge in [-0.2, -0.15) is 5.26 Å². The summed E-state index contributed by atoms with van der Waals surface area (Å²) < 4.78 is 1.75. The van der Waals surface area contributed by atoms with Crippen molar-refractivity contribution in [3.05, 3.63) is 53.2 Å². The largest absolute Gasteiger partial charge is 0.368 e. The van der Waals surface area contributed by atoms with Gasteiger partial charge in [0.1, 0.15) is 5.69 Å². The monoisotopic (exact) mass is 443 g/mol. The molecule has 0 spiro atoms. The van der Waals surface area contributed by atoms with Crippen molar-refractivity contribution in [2.24, 2.45) is 0 Å². The Labute approximate surface area is 189 Å². The standard InChI is InChI=1S/C22H21N9S/c23-11-15-5-4-6-16(9-15)18-10-19(27-21(24)26-18)20-13-31(29-28-20)12-17-14-32-22(25-17)30-7-2-1-3-8-30/h4-6,9-10,13-14H,1-3,7-8,12H2,(H2,24,26,27). The molecule has 1 aromatic carbocycles. The zero-order valence-corrected chi connectivity index (χ0v) is 18.2. The lowest BCUT2D eigenvalue weighted by Crippen LogP contribution is -2.29. The molecule has 1 aliphatic rings. The summed E-state index contributed by atoms with van der Waals surface area (Å²) in [5.74, 6) is 0.139. The molecule has 10 heteroatoms. The molecular weight excluding hydrogens is 422 g/mol. The highest BCUT2D eigenvalue weighted by atomic mass is 32.1. The molecule has 0 unspecified atom stereocenters. The SMILES string of the molecule is N#Cc1cccc(-c2cc(-c3cn(Cc4csc(N5CCCCC5)n4)nn3)nc(N)n2)c1. The van der Waals surface area contributed by atoms with Gasteiger partial charge < -0.3 is 10.6 Å². The minimum absolute atomic E-state index is 0.139. The molecule has 4 heterocycles. The number of benzene rings is 1. The summed E-state index contributed by atoms with van der Waals surface area (Å²) in [7, 11) is 0. The number of nitrogens with zero attached hydrogens (tertiary/aromatic N) is 8. The predicted molar refractivity (Wildman–Crippen MR) is 123 cm³/mol. The molecule has 0 atom stereocenters. The van der Waals surface area contributed by atoms with Gasteiger partial charge in [0.05, 0.1) is 41.5 Å². The first-order valence-corrected chi connectivity index (χ1v) is 11.3. The molecule has 160 valence electrons. The molecule has 1 aliphatic heterocycles. The average molecular weight is 444 g/mol. The van der Waals surface area contributed by atoms with Crippen molar-refractivity contribution in [2.45, 2.75) is 25.8 Å². The van der Waals surface area contributed by atoms with Gasteiger partial charge in [0.25, 0.3) is 0 Å². The molecule has 32 heavy (non-hydrogen) atoms. The Morgan fingerprint density at radius 1 is 1.03 bits per heavy atom. The van der Waals surface area contributed by atoms with Crippen LogP contribution in [0.2, 0.25) is 0 Å². The van der Waals surface area contributed by atoms with Gasteiger partial charge in [0.2, 0.25) is 5.95 Å². The summed E-state index contributed by atoms with van der Waals surface area (Å²) in [6, 6.07) is 11.2. The summed E-state index contributed by atoms with van der Waals surface area (Å²) in [6.07, 6.45) is 5.59. The summed E-state index contributed by atoms with van der Waals surface area (Å²) >= 11 is 1.68. The number of hydrogen-bond acceptors (Lipinski definition) is 9. The van der Waals surface area contributed by atoms with Crippen LogP contribution in [0.3, 0.4) is 0 Å². The second-order valence-corrected chi connectivity index (χ2v) is 8.50. The Kier molecular flexibility index (Phi) is 5.47. The number of nitrogen functional groups attached to an aromatic ring is 1. The lowest BCUT2D eigenvalue weighted by molar-refractivity contribution is 0.575. The second-order valence-electron chi connectivity index (χ2n) is 7.66. The van der Waals surface area contributed by atoms with E-state index in [-0.39, 0.29) is 5.95 Å². The van der Waals surface area contributed by atoms with Gasteiger partial charge in [0, 0.05) is 24.0 Å². The van der Waals surface area contributed by atoms with Gasteiger partial charge in [-0.3, -0.25) is 0 Å². The van der Waals surface area contributed by atoms with Crippen molar-refractivity contribution >= 4 is 22.4 Å². The fourth-order valence-corrected chi connectivity index (χ4v) is 4.62. The summed E-state index contributed by atoms with van der Waals surface area (Å²) in [4.78, 5) is 15.8. The summed E-state index contributed by atoms with van der Waals surface area (Å²) in [5, 5.41) is 20.8. The van der Waals surface area contributed by atoms with Crippen molar-refractivity contribution in [1.82, 2.24) is 29.9 Å². The molecule has 0 radical (unpaired) electrons. The number of rotatable bonds is 5. The van der Waals surface area contributed by atoms with E-state index in [1.807, 2.05) is 18.3 Å². The smallest absolute Gasteiger partial charge is 0.221 e. The molecule has 0 aliphatic carbocycles. The van der Waals surface area contributed by atoms with Crippen LogP contribution < -0.4 is 10.6 Å². The normalized spacial score (nSPS) is 13.8. The van der Waals surface area contributed by atoms with E-state index < -0.39 is 0 Å². The summed E-state index contributed by atoms with van der Waals surface area (Å²) in [5.41, 5.74) is 10.1. The third kappa shape index (κ3) is 4.29. The Morgan fingerprint density at radius 3 is 2.72 bits per heavy atom. The zero-order chi connectivity index (χ0) is 21.9. The Balaban J connectivity index is 1.36. The van der Waals surface area contributed by atoms with Gasteiger partial charge in [0.15, 0.2) is 5.13 Å². The first-order valence-electron chi connectivity index (χ1n) is 10.4. The van der Waals surface area contributed by atoms with Crippen molar-refractivity contribution in [1.29, 1.82) is 5.26 Å². The number of aromatic nitrogens is 6. The lowest BCUT2D eigenvalue weighted by atomic mass is 10.1. The average Bonchev–Trinajstić information content (AvgIpc) is 3.50. The molecule has 2 N–H and O–H groups in total. The Hall–Kier alpha value is -3.84. The molecule has 0 saturated carbocycles. The first-order chi connectivity index (χ1) is 15.7. The number of hydrogen-bond donors (Lipinski definition) is 1. The molecule has 0 amide bonds. The van der Waals surface area contributed by atoms with Crippen LogP contribution in [0.15, 0.2) is 41.9 Å². The van der Waals surface area contributed by atoms with E-state index in [1.165, 1.54) is 19.3 Å². The van der Waals surface area contributed by atoms with Crippen molar-refractivity contribution in [3.63, 3.8) is 0 Å². The molecule has 1 saturated heterocycles. The van der Waals surface area contributed by atoms with Crippen LogP contribution in [0.1, 0.15) is 30.5 Å². The van der Waals surface area contributed by atoms with Crippen LogP contribution in [0.25, 0.3) is 22.6 Å². The topological polar surface area (TPSA) is 122 Å². The number of piperidine rings is 1. The number of nitrogens with two attached hydrogens (primary N) is 1. The van der Waals surface area contributed by atoms with E-state index in [1.54, 1.807) is 34.2 Å². The van der Waals surface area contributed by atoms with Crippen LogP contribution >= 0.6 is 11.3 Å². The lowest BCUT2D eigenvalue weighted by Gasteiger charge is -2.25. The van der Waals surface area contributed by atoms with Gasteiger partial charge in [-0.15, -0.1) is 16.4 Å². The highest BCUT2D eigenvalue weighted by Gasteiger charge is 2.15. The maximum Gasteiger partial charge on any atom is 0.221 e. The van der Waals surface area contributed by atoms with E-state index in [2.05, 4.69) is 36.6 Å². The number of nitriles is 1. The third-order valence-corrected chi connectivity index (χ3v) is 6.27. The van der Waals surface area contributed by atoms with E-state index in [9.17, 15) is 0 Å². The van der Waals surface area contributed by atoms with Gasteiger partial charge >= 0.3 is 0 Å². The van der Waals surface area contributed by atoms with Crippen LogP contribution in [0.4, 0.5) is 11.1 Å². The minimum Gasteiger partial charge on any atom is -0.368 e. The highest BCUT2D eigenvalue weighted by molar-refractivity contribution is 7.13. The quantitative estimate of drug-likeness (QED) is 0.498. The van der Waals surface area contributed by atoms with E-state index in [0.717, 1.165) is 29.5 Å².